The van der Waals surface area contributed by atoms with Crippen molar-refractivity contribution in [3.63, 3.8) is 0 Å². The van der Waals surface area contributed by atoms with Gasteiger partial charge in [-0.05, 0) is 39.8 Å². The van der Waals surface area contributed by atoms with Crippen molar-refractivity contribution in [2.24, 2.45) is 0 Å². The summed E-state index contributed by atoms with van der Waals surface area (Å²) in [5.41, 5.74) is 5.60. The summed E-state index contributed by atoms with van der Waals surface area (Å²) in [7, 11) is 0. The molecule has 1 amide bonds. The molecule has 2 rings (SSSR count). The molecule has 1 aliphatic rings. The maximum absolute atomic E-state index is 12.3. The first-order valence-electron chi connectivity index (χ1n) is 7.13. The third-order valence-electron chi connectivity index (χ3n) is 3.27. The number of amides is 1. The highest BCUT2D eigenvalue weighted by molar-refractivity contribution is 5.78. The van der Waals surface area contributed by atoms with Gasteiger partial charge in [-0.15, -0.1) is 0 Å². The molecule has 5 heteroatoms. The molecule has 1 aromatic carbocycles. The Kier molecular flexibility index (Phi) is 4.14. The zero-order valence-corrected chi connectivity index (χ0v) is 13.2. The van der Waals surface area contributed by atoms with E-state index in [4.69, 9.17) is 15.2 Å². The van der Waals surface area contributed by atoms with Gasteiger partial charge in [-0.25, -0.2) is 0 Å². The van der Waals surface area contributed by atoms with Gasteiger partial charge in [-0.3, -0.25) is 4.79 Å². The molecule has 0 spiro atoms. The van der Waals surface area contributed by atoms with Crippen molar-refractivity contribution in [1.82, 2.24) is 4.90 Å². The average molecular weight is 292 g/mol. The smallest absolute Gasteiger partial charge is 0.260 e. The van der Waals surface area contributed by atoms with E-state index in [9.17, 15) is 4.79 Å². The summed E-state index contributed by atoms with van der Waals surface area (Å²) >= 11 is 0. The van der Waals surface area contributed by atoms with E-state index in [0.29, 0.717) is 24.5 Å². The summed E-state index contributed by atoms with van der Waals surface area (Å²) in [6, 6.07) is 7.08. The van der Waals surface area contributed by atoms with Crippen LogP contribution in [0.15, 0.2) is 24.3 Å². The monoisotopic (exact) mass is 292 g/mol. The lowest BCUT2D eigenvalue weighted by Gasteiger charge is -2.47. The molecule has 0 unspecified atom stereocenters. The van der Waals surface area contributed by atoms with E-state index in [0.717, 1.165) is 0 Å². The van der Waals surface area contributed by atoms with Crippen LogP contribution in [-0.2, 0) is 9.53 Å². The predicted molar refractivity (Wildman–Crippen MR) is 82.2 cm³/mol. The first-order valence-corrected chi connectivity index (χ1v) is 7.13. The molecule has 1 aliphatic heterocycles. The zero-order valence-electron chi connectivity index (χ0n) is 13.2. The van der Waals surface area contributed by atoms with Crippen LogP contribution in [-0.4, -0.2) is 41.7 Å². The van der Waals surface area contributed by atoms with Crippen molar-refractivity contribution in [2.75, 3.05) is 25.4 Å². The Hall–Kier alpha value is -1.75. The van der Waals surface area contributed by atoms with Crippen LogP contribution in [0.2, 0.25) is 0 Å². The molecule has 2 N–H and O–H groups in total. The Labute approximate surface area is 126 Å². The lowest BCUT2D eigenvalue weighted by atomic mass is 9.99. The number of anilines is 1. The molecule has 1 fully saturated rings. The summed E-state index contributed by atoms with van der Waals surface area (Å²) in [5.74, 6) is 0.567. The third kappa shape index (κ3) is 4.36. The maximum Gasteiger partial charge on any atom is 0.260 e. The topological polar surface area (TPSA) is 64.8 Å². The van der Waals surface area contributed by atoms with Gasteiger partial charge in [0.1, 0.15) is 5.75 Å². The lowest BCUT2D eigenvalue weighted by Crippen LogP contribution is -2.59. The van der Waals surface area contributed by atoms with E-state index in [1.807, 2.05) is 27.7 Å². The van der Waals surface area contributed by atoms with E-state index in [2.05, 4.69) is 0 Å². The molecule has 1 heterocycles. The fraction of sp³-hybridized carbons (Fsp3) is 0.562. The number of morpholine rings is 1. The van der Waals surface area contributed by atoms with Crippen molar-refractivity contribution in [3.8, 4) is 5.75 Å². The summed E-state index contributed by atoms with van der Waals surface area (Å²) < 4.78 is 11.5. The molecule has 0 radical (unpaired) electrons. The van der Waals surface area contributed by atoms with E-state index in [1.54, 1.807) is 29.2 Å². The van der Waals surface area contributed by atoms with E-state index in [1.165, 1.54) is 0 Å². The Balaban J connectivity index is 1.97. The van der Waals surface area contributed by atoms with Crippen molar-refractivity contribution < 1.29 is 14.3 Å². The molecular weight excluding hydrogens is 268 g/mol. The molecule has 1 aromatic rings. The molecule has 5 nitrogen and oxygen atoms in total. The minimum Gasteiger partial charge on any atom is -0.484 e. The molecule has 0 saturated carbocycles. The summed E-state index contributed by atoms with van der Waals surface area (Å²) in [6.45, 7) is 9.11. The summed E-state index contributed by atoms with van der Waals surface area (Å²) in [5, 5.41) is 0. The van der Waals surface area contributed by atoms with Crippen molar-refractivity contribution in [3.05, 3.63) is 24.3 Å². The van der Waals surface area contributed by atoms with Gasteiger partial charge in [-0.2, -0.15) is 0 Å². The number of nitrogen functional groups attached to an aromatic ring is 1. The molecule has 0 aliphatic carbocycles. The van der Waals surface area contributed by atoms with Gasteiger partial charge in [-0.1, -0.05) is 6.07 Å². The van der Waals surface area contributed by atoms with Gasteiger partial charge in [0.2, 0.25) is 0 Å². The van der Waals surface area contributed by atoms with Crippen LogP contribution in [0.1, 0.15) is 27.7 Å². The second kappa shape index (κ2) is 5.56. The number of ether oxygens (including phenoxy) is 2. The van der Waals surface area contributed by atoms with E-state index < -0.39 is 0 Å². The van der Waals surface area contributed by atoms with E-state index in [-0.39, 0.29) is 23.7 Å². The summed E-state index contributed by atoms with van der Waals surface area (Å²) in [4.78, 5) is 14.1. The third-order valence-corrected chi connectivity index (χ3v) is 3.27. The molecule has 0 bridgehead atoms. The molecule has 21 heavy (non-hydrogen) atoms. The quantitative estimate of drug-likeness (QED) is 0.866. The van der Waals surface area contributed by atoms with Crippen LogP contribution in [0, 0.1) is 0 Å². The fourth-order valence-corrected chi connectivity index (χ4v) is 2.80. The normalized spacial score (nSPS) is 20.1. The van der Waals surface area contributed by atoms with Gasteiger partial charge in [0.05, 0.1) is 11.2 Å². The highest BCUT2D eigenvalue weighted by Gasteiger charge is 2.39. The van der Waals surface area contributed by atoms with Crippen molar-refractivity contribution in [1.29, 1.82) is 0 Å². The Morgan fingerprint density at radius 3 is 2.48 bits per heavy atom. The van der Waals surface area contributed by atoms with E-state index >= 15 is 0 Å². The predicted octanol–water partition coefficient (Wildman–Crippen LogP) is 2.06. The van der Waals surface area contributed by atoms with Gasteiger partial charge in [0.25, 0.3) is 5.91 Å². The number of carbonyl (C=O) groups is 1. The molecule has 1 saturated heterocycles. The highest BCUT2D eigenvalue weighted by Crippen LogP contribution is 2.28. The van der Waals surface area contributed by atoms with Gasteiger partial charge in [0, 0.05) is 24.8 Å². The highest BCUT2D eigenvalue weighted by atomic mass is 16.5. The van der Waals surface area contributed by atoms with Gasteiger partial charge < -0.3 is 20.1 Å². The average Bonchev–Trinajstić information content (AvgIpc) is 2.32. The molecule has 0 aromatic heterocycles. The molecular formula is C16H24N2O3. The lowest BCUT2D eigenvalue weighted by molar-refractivity contribution is -0.188. The standard InChI is InChI=1S/C16H24N2O3/c1-15(2)10-18(11-16(3,4)21-15)14(19)9-20-13-7-5-6-12(17)8-13/h5-8H,9-11,17H2,1-4H3. The van der Waals surface area contributed by atoms with Crippen LogP contribution < -0.4 is 10.5 Å². The van der Waals surface area contributed by atoms with Gasteiger partial charge in [0.15, 0.2) is 6.61 Å². The minimum absolute atomic E-state index is 0.00954. The zero-order chi connectivity index (χ0) is 15.7. The number of nitrogens with two attached hydrogens (primary N) is 1. The number of hydrogen-bond donors (Lipinski definition) is 1. The fourth-order valence-electron chi connectivity index (χ4n) is 2.80. The number of nitrogens with zero attached hydrogens (tertiary/aromatic N) is 1. The number of rotatable bonds is 3. The second-order valence-electron chi connectivity index (χ2n) is 6.73. The Morgan fingerprint density at radius 2 is 1.90 bits per heavy atom. The minimum atomic E-state index is -0.353. The molecule has 0 atom stereocenters. The van der Waals surface area contributed by atoms with Crippen LogP contribution in [0.5, 0.6) is 5.75 Å². The number of benzene rings is 1. The van der Waals surface area contributed by atoms with Crippen molar-refractivity contribution in [2.45, 2.75) is 38.9 Å². The largest absolute Gasteiger partial charge is 0.484 e. The summed E-state index contributed by atoms with van der Waals surface area (Å²) in [6.07, 6.45) is 0. The maximum atomic E-state index is 12.3. The number of carbonyl (C=O) groups excluding carboxylic acids is 1. The first kappa shape index (κ1) is 15.6. The Bertz CT molecular complexity index is 510. The van der Waals surface area contributed by atoms with Crippen LogP contribution >= 0.6 is 0 Å². The number of hydrogen-bond acceptors (Lipinski definition) is 4. The first-order chi connectivity index (χ1) is 9.67. The van der Waals surface area contributed by atoms with Crippen LogP contribution in [0.4, 0.5) is 5.69 Å². The Morgan fingerprint density at radius 1 is 1.29 bits per heavy atom. The second-order valence-corrected chi connectivity index (χ2v) is 6.73. The van der Waals surface area contributed by atoms with Crippen LogP contribution in [0.3, 0.4) is 0 Å². The van der Waals surface area contributed by atoms with Gasteiger partial charge >= 0.3 is 0 Å². The van der Waals surface area contributed by atoms with Crippen LogP contribution in [0.25, 0.3) is 0 Å². The van der Waals surface area contributed by atoms with Crippen molar-refractivity contribution >= 4 is 11.6 Å². The molecule has 116 valence electrons. The SMILES string of the molecule is CC1(C)CN(C(=O)COc2cccc(N)c2)CC(C)(C)O1.